The number of hydrogen-bond acceptors (Lipinski definition) is 1. The Bertz CT molecular complexity index is 634. The molecule has 2 aromatic heterocycles. The Morgan fingerprint density at radius 3 is 2.88 bits per heavy atom. The summed E-state index contributed by atoms with van der Waals surface area (Å²) in [5.41, 5.74) is 2.52. The molecule has 3 aromatic rings. The molecule has 2 heterocycles. The summed E-state index contributed by atoms with van der Waals surface area (Å²) in [6.07, 6.45) is 6.18. The Balaban J connectivity index is 1.94. The summed E-state index contributed by atoms with van der Waals surface area (Å²) in [6, 6.07) is 10.6. The highest BCUT2D eigenvalue weighted by atomic mass is 15.3. The third kappa shape index (κ3) is 1.84. The van der Waals surface area contributed by atoms with Crippen molar-refractivity contribution < 1.29 is 0 Å². The molecule has 0 aliphatic heterocycles. The zero-order chi connectivity index (χ0) is 11.7. The fourth-order valence-corrected chi connectivity index (χ4v) is 2.14. The Hall–Kier alpha value is -2.03. The van der Waals surface area contributed by atoms with Crippen LogP contribution in [0.4, 0.5) is 0 Å². The average Bonchev–Trinajstić information content (AvgIpc) is 2.97. The Kier molecular flexibility index (Phi) is 2.44. The molecule has 0 amide bonds. The van der Waals surface area contributed by atoms with Gasteiger partial charge >= 0.3 is 0 Å². The van der Waals surface area contributed by atoms with E-state index >= 15 is 0 Å². The highest BCUT2D eigenvalue weighted by Crippen LogP contribution is 2.16. The van der Waals surface area contributed by atoms with Crippen molar-refractivity contribution in [3.8, 4) is 0 Å². The molecule has 0 radical (unpaired) electrons. The van der Waals surface area contributed by atoms with Crippen LogP contribution in [0, 0.1) is 0 Å². The molecule has 86 valence electrons. The zero-order valence-electron chi connectivity index (χ0n) is 9.87. The first-order valence-electron chi connectivity index (χ1n) is 5.92. The Morgan fingerprint density at radius 1 is 1.18 bits per heavy atom. The van der Waals surface area contributed by atoms with Gasteiger partial charge in [0.15, 0.2) is 0 Å². The van der Waals surface area contributed by atoms with E-state index in [0.29, 0.717) is 0 Å². The lowest BCUT2D eigenvalue weighted by Crippen LogP contribution is -1.97. The summed E-state index contributed by atoms with van der Waals surface area (Å²) in [5.74, 6) is 0. The molecule has 1 aromatic carbocycles. The first kappa shape index (κ1) is 10.1. The minimum atomic E-state index is 0.882. The fraction of sp³-hybridized carbons (Fsp3) is 0.214. The number of aryl methyl sites for hydroxylation is 1. The number of fused-ring (bicyclic) bond motifs is 1. The molecule has 0 fully saturated rings. The van der Waals surface area contributed by atoms with Crippen molar-refractivity contribution in [1.82, 2.24) is 14.3 Å². The minimum absolute atomic E-state index is 0.882. The monoisotopic (exact) mass is 225 g/mol. The van der Waals surface area contributed by atoms with Crippen molar-refractivity contribution in [3.05, 3.63) is 54.5 Å². The summed E-state index contributed by atoms with van der Waals surface area (Å²) < 4.78 is 4.22. The Morgan fingerprint density at radius 2 is 2.06 bits per heavy atom. The van der Waals surface area contributed by atoms with Gasteiger partial charge in [0, 0.05) is 30.0 Å². The molecular weight excluding hydrogens is 210 g/mol. The van der Waals surface area contributed by atoms with Gasteiger partial charge in [0.25, 0.3) is 0 Å². The van der Waals surface area contributed by atoms with Gasteiger partial charge in [0.1, 0.15) is 0 Å². The molecule has 0 aliphatic rings. The molecule has 0 saturated carbocycles. The molecule has 0 bridgehead atoms. The number of aromatic nitrogens is 3. The molecule has 0 aliphatic carbocycles. The van der Waals surface area contributed by atoms with E-state index in [4.69, 9.17) is 0 Å². The predicted molar refractivity (Wildman–Crippen MR) is 68.9 cm³/mol. The van der Waals surface area contributed by atoms with Gasteiger partial charge in [-0.15, -0.1) is 0 Å². The maximum Gasteiger partial charge on any atom is 0.0539 e. The van der Waals surface area contributed by atoms with Crippen molar-refractivity contribution in [2.75, 3.05) is 0 Å². The second kappa shape index (κ2) is 4.09. The lowest BCUT2D eigenvalue weighted by Gasteiger charge is -2.02. The number of rotatable bonds is 3. The van der Waals surface area contributed by atoms with Crippen LogP contribution < -0.4 is 0 Å². The van der Waals surface area contributed by atoms with Crippen molar-refractivity contribution in [3.63, 3.8) is 0 Å². The van der Waals surface area contributed by atoms with E-state index in [0.717, 1.165) is 13.1 Å². The van der Waals surface area contributed by atoms with Gasteiger partial charge in [-0.3, -0.25) is 4.68 Å². The van der Waals surface area contributed by atoms with Gasteiger partial charge in [0.2, 0.25) is 0 Å². The molecule has 0 spiro atoms. The van der Waals surface area contributed by atoms with Crippen LogP contribution >= 0.6 is 0 Å². The normalized spacial score (nSPS) is 11.1. The smallest absolute Gasteiger partial charge is 0.0539 e. The van der Waals surface area contributed by atoms with Crippen molar-refractivity contribution in [2.24, 2.45) is 0 Å². The van der Waals surface area contributed by atoms with Crippen LogP contribution in [0.1, 0.15) is 12.5 Å². The zero-order valence-corrected chi connectivity index (χ0v) is 9.87. The maximum absolute atomic E-state index is 4.30. The quantitative estimate of drug-likeness (QED) is 0.672. The summed E-state index contributed by atoms with van der Waals surface area (Å²) in [4.78, 5) is 0. The van der Waals surface area contributed by atoms with Gasteiger partial charge in [-0.1, -0.05) is 18.2 Å². The van der Waals surface area contributed by atoms with Crippen molar-refractivity contribution in [1.29, 1.82) is 0 Å². The van der Waals surface area contributed by atoms with Crippen LogP contribution in [0.15, 0.2) is 48.9 Å². The summed E-state index contributed by atoms with van der Waals surface area (Å²) in [7, 11) is 0. The van der Waals surface area contributed by atoms with Gasteiger partial charge < -0.3 is 4.57 Å². The summed E-state index contributed by atoms with van der Waals surface area (Å²) >= 11 is 0. The van der Waals surface area contributed by atoms with Gasteiger partial charge in [0.05, 0.1) is 12.7 Å². The molecule has 3 rings (SSSR count). The standard InChI is InChI=1S/C14H15N3/c1-2-17-11-12(9-15-17)10-16-8-7-13-5-3-4-6-14(13)16/h3-9,11H,2,10H2,1H3. The van der Waals surface area contributed by atoms with E-state index in [1.807, 2.05) is 10.9 Å². The summed E-state index contributed by atoms with van der Waals surface area (Å²) in [5, 5.41) is 5.59. The van der Waals surface area contributed by atoms with Crippen molar-refractivity contribution in [2.45, 2.75) is 20.0 Å². The molecule has 0 N–H and O–H groups in total. The van der Waals surface area contributed by atoms with Gasteiger partial charge in [-0.2, -0.15) is 5.10 Å². The maximum atomic E-state index is 4.30. The topological polar surface area (TPSA) is 22.8 Å². The molecule has 17 heavy (non-hydrogen) atoms. The fourth-order valence-electron chi connectivity index (χ4n) is 2.14. The molecule has 3 nitrogen and oxygen atoms in total. The van der Waals surface area contributed by atoms with Crippen LogP contribution in [0.2, 0.25) is 0 Å². The second-order valence-corrected chi connectivity index (χ2v) is 4.21. The van der Waals surface area contributed by atoms with Crippen molar-refractivity contribution >= 4 is 10.9 Å². The van der Waals surface area contributed by atoms with E-state index in [1.165, 1.54) is 16.5 Å². The molecule has 3 heteroatoms. The second-order valence-electron chi connectivity index (χ2n) is 4.21. The minimum Gasteiger partial charge on any atom is -0.343 e. The third-order valence-electron chi connectivity index (χ3n) is 3.04. The first-order chi connectivity index (χ1) is 8.36. The number of nitrogens with zero attached hydrogens (tertiary/aromatic N) is 3. The highest BCUT2D eigenvalue weighted by molar-refractivity contribution is 5.79. The van der Waals surface area contributed by atoms with Crippen LogP contribution in [-0.2, 0) is 13.1 Å². The van der Waals surface area contributed by atoms with Crippen LogP contribution in [0.5, 0.6) is 0 Å². The van der Waals surface area contributed by atoms with Crippen LogP contribution in [0.3, 0.4) is 0 Å². The first-order valence-corrected chi connectivity index (χ1v) is 5.92. The number of hydrogen-bond donors (Lipinski definition) is 0. The lowest BCUT2D eigenvalue weighted by molar-refractivity contribution is 0.658. The number of benzene rings is 1. The van der Waals surface area contributed by atoms with E-state index < -0.39 is 0 Å². The van der Waals surface area contributed by atoms with E-state index in [-0.39, 0.29) is 0 Å². The average molecular weight is 225 g/mol. The van der Waals surface area contributed by atoms with E-state index in [1.54, 1.807) is 0 Å². The molecule has 0 unspecified atom stereocenters. The highest BCUT2D eigenvalue weighted by Gasteiger charge is 2.02. The Labute approximate surface area is 100 Å². The van der Waals surface area contributed by atoms with Gasteiger partial charge in [-0.05, 0) is 24.4 Å². The largest absolute Gasteiger partial charge is 0.343 e. The van der Waals surface area contributed by atoms with Crippen LogP contribution in [-0.4, -0.2) is 14.3 Å². The van der Waals surface area contributed by atoms with Crippen LogP contribution in [0.25, 0.3) is 10.9 Å². The molecule has 0 atom stereocenters. The van der Waals surface area contributed by atoms with Gasteiger partial charge in [-0.25, -0.2) is 0 Å². The SMILES string of the molecule is CCn1cc(Cn2ccc3ccccc32)cn1. The predicted octanol–water partition coefficient (Wildman–Crippen LogP) is 2.91. The molecular formula is C14H15N3. The lowest BCUT2D eigenvalue weighted by atomic mass is 10.2. The van der Waals surface area contributed by atoms with E-state index in [9.17, 15) is 0 Å². The molecule has 0 saturated heterocycles. The number of para-hydroxylation sites is 1. The van der Waals surface area contributed by atoms with E-state index in [2.05, 4.69) is 59.3 Å². The summed E-state index contributed by atoms with van der Waals surface area (Å²) in [6.45, 7) is 3.90. The third-order valence-corrected chi connectivity index (χ3v) is 3.04.